The van der Waals surface area contributed by atoms with Crippen LogP contribution in [0.3, 0.4) is 0 Å². The molecule has 0 aromatic heterocycles. The summed E-state index contributed by atoms with van der Waals surface area (Å²) in [6.07, 6.45) is 2.17. The molecule has 1 rings (SSSR count). The molecule has 0 spiro atoms. The molecule has 2 nitrogen and oxygen atoms in total. The predicted octanol–water partition coefficient (Wildman–Crippen LogP) is 5.03. The quantitative estimate of drug-likeness (QED) is 0.654. The van der Waals surface area contributed by atoms with Gasteiger partial charge in [0.05, 0.1) is 5.02 Å². The Balaban J connectivity index is 2.57. The van der Waals surface area contributed by atoms with Crippen molar-refractivity contribution in [2.75, 3.05) is 11.9 Å². The van der Waals surface area contributed by atoms with Gasteiger partial charge >= 0.3 is 0 Å². The number of carbonyl (C=O) groups excluding carboxylic acids is 1. The van der Waals surface area contributed by atoms with Crippen molar-refractivity contribution < 1.29 is 4.79 Å². The lowest BCUT2D eigenvalue weighted by Gasteiger charge is -2.24. The van der Waals surface area contributed by atoms with Crippen LogP contribution in [-0.2, 0) is 0 Å². The lowest BCUT2D eigenvalue weighted by atomic mass is 9.88. The third-order valence-corrected chi connectivity index (χ3v) is 4.69. The number of amides is 1. The summed E-state index contributed by atoms with van der Waals surface area (Å²) in [5.41, 5.74) is 0.687. The van der Waals surface area contributed by atoms with E-state index in [-0.39, 0.29) is 11.3 Å². The summed E-state index contributed by atoms with van der Waals surface area (Å²) in [7, 11) is 0. The lowest BCUT2D eigenvalue weighted by Crippen LogP contribution is -2.34. The van der Waals surface area contributed by atoms with E-state index in [1.807, 2.05) is 0 Å². The summed E-state index contributed by atoms with van der Waals surface area (Å²) in [6.45, 7) is 4.97. The summed E-state index contributed by atoms with van der Waals surface area (Å²) < 4.78 is 0.795. The maximum Gasteiger partial charge on any atom is 0.251 e. The van der Waals surface area contributed by atoms with Gasteiger partial charge in [0.15, 0.2) is 0 Å². The molecular formula is C14H18Br2ClNO. The molecule has 0 fully saturated rings. The van der Waals surface area contributed by atoms with Crippen LogP contribution in [0.5, 0.6) is 0 Å². The van der Waals surface area contributed by atoms with Crippen molar-refractivity contribution in [1.29, 1.82) is 0 Å². The van der Waals surface area contributed by atoms with E-state index in [1.54, 1.807) is 18.2 Å². The normalized spacial score (nSPS) is 11.4. The molecule has 1 aromatic carbocycles. The Bertz CT molecular complexity index is 449. The number of carbonyl (C=O) groups is 1. The first kappa shape index (κ1) is 17.0. The van der Waals surface area contributed by atoms with Crippen LogP contribution in [0, 0.1) is 5.41 Å². The van der Waals surface area contributed by atoms with Gasteiger partial charge in [-0.2, -0.15) is 0 Å². The van der Waals surface area contributed by atoms with Gasteiger partial charge in [-0.3, -0.25) is 4.79 Å². The number of hydrogen-bond donors (Lipinski definition) is 1. The molecule has 1 amide bonds. The number of hydrogen-bond acceptors (Lipinski definition) is 1. The monoisotopic (exact) mass is 409 g/mol. The van der Waals surface area contributed by atoms with E-state index in [1.165, 1.54) is 0 Å². The fourth-order valence-electron chi connectivity index (χ4n) is 1.69. The molecule has 0 bridgehead atoms. The van der Waals surface area contributed by atoms with E-state index in [0.29, 0.717) is 17.1 Å². The minimum atomic E-state index is -0.0821. The lowest BCUT2D eigenvalue weighted by molar-refractivity contribution is 0.0934. The molecule has 5 heteroatoms. The zero-order valence-electron chi connectivity index (χ0n) is 11.1. The highest BCUT2D eigenvalue weighted by atomic mass is 79.9. The van der Waals surface area contributed by atoms with Crippen LogP contribution in [0.1, 0.15) is 37.0 Å². The van der Waals surface area contributed by atoms with Crippen LogP contribution in [-0.4, -0.2) is 17.8 Å². The zero-order chi connectivity index (χ0) is 14.5. The second kappa shape index (κ2) is 7.65. The van der Waals surface area contributed by atoms with Gasteiger partial charge in [0.25, 0.3) is 5.91 Å². The summed E-state index contributed by atoms with van der Waals surface area (Å²) in [5.74, 6) is -0.0821. The van der Waals surface area contributed by atoms with Gasteiger partial charge in [-0.15, -0.1) is 0 Å². The highest BCUT2D eigenvalue weighted by Gasteiger charge is 2.18. The topological polar surface area (TPSA) is 29.1 Å². The maximum atomic E-state index is 12.0. The van der Waals surface area contributed by atoms with Crippen molar-refractivity contribution in [2.45, 2.75) is 26.7 Å². The van der Waals surface area contributed by atoms with Crippen LogP contribution in [0.25, 0.3) is 0 Å². The molecule has 1 N–H and O–H groups in total. The zero-order valence-corrected chi connectivity index (χ0v) is 15.0. The number of benzene rings is 1. The first-order valence-corrected chi connectivity index (χ1v) is 8.44. The Hall–Kier alpha value is -0.0600. The van der Waals surface area contributed by atoms with Crippen LogP contribution >= 0.6 is 43.5 Å². The van der Waals surface area contributed by atoms with Crippen LogP contribution in [0.4, 0.5) is 0 Å². The standard InChI is InChI=1S/C14H18Br2ClNO/c1-14(2,6-3-7-15)9-18-13(19)10-4-5-11(16)12(17)8-10/h4-5,8H,3,6-7,9H2,1-2H3,(H,18,19). The van der Waals surface area contributed by atoms with Crippen molar-refractivity contribution in [3.63, 3.8) is 0 Å². The van der Waals surface area contributed by atoms with Crippen molar-refractivity contribution in [3.05, 3.63) is 33.3 Å². The highest BCUT2D eigenvalue weighted by molar-refractivity contribution is 9.10. The van der Waals surface area contributed by atoms with E-state index in [0.717, 1.165) is 22.6 Å². The molecule has 0 heterocycles. The van der Waals surface area contributed by atoms with E-state index in [9.17, 15) is 4.79 Å². The number of nitrogens with one attached hydrogen (secondary N) is 1. The molecule has 0 aliphatic rings. The number of halogens is 3. The Morgan fingerprint density at radius 1 is 1.42 bits per heavy atom. The minimum Gasteiger partial charge on any atom is -0.352 e. The van der Waals surface area contributed by atoms with Gasteiger partial charge in [-0.1, -0.05) is 41.4 Å². The molecule has 19 heavy (non-hydrogen) atoms. The molecule has 1 aromatic rings. The molecular weight excluding hydrogens is 393 g/mol. The fourth-order valence-corrected chi connectivity index (χ4v) is 2.40. The maximum absolute atomic E-state index is 12.0. The van der Waals surface area contributed by atoms with E-state index < -0.39 is 0 Å². The number of rotatable bonds is 6. The average Bonchev–Trinajstić information content (AvgIpc) is 2.37. The van der Waals surface area contributed by atoms with Gasteiger partial charge < -0.3 is 5.32 Å². The third-order valence-electron chi connectivity index (χ3n) is 2.90. The van der Waals surface area contributed by atoms with Crippen LogP contribution in [0.15, 0.2) is 22.7 Å². The predicted molar refractivity (Wildman–Crippen MR) is 88.3 cm³/mol. The Morgan fingerprint density at radius 3 is 2.68 bits per heavy atom. The molecule has 0 unspecified atom stereocenters. The molecule has 0 saturated heterocycles. The fraction of sp³-hybridized carbons (Fsp3) is 0.500. The highest BCUT2D eigenvalue weighted by Crippen LogP contribution is 2.24. The van der Waals surface area contributed by atoms with Gasteiger partial charge in [0.1, 0.15) is 0 Å². The molecule has 0 saturated carbocycles. The van der Waals surface area contributed by atoms with Crippen molar-refractivity contribution in [1.82, 2.24) is 5.32 Å². The van der Waals surface area contributed by atoms with Crippen molar-refractivity contribution >= 4 is 49.4 Å². The van der Waals surface area contributed by atoms with E-state index >= 15 is 0 Å². The minimum absolute atomic E-state index is 0.0821. The van der Waals surface area contributed by atoms with Crippen molar-refractivity contribution in [2.24, 2.45) is 5.41 Å². The van der Waals surface area contributed by atoms with Gasteiger partial charge in [0, 0.05) is 21.9 Å². The van der Waals surface area contributed by atoms with Crippen LogP contribution < -0.4 is 5.32 Å². The second-order valence-electron chi connectivity index (χ2n) is 5.27. The largest absolute Gasteiger partial charge is 0.352 e. The first-order valence-electron chi connectivity index (χ1n) is 6.15. The first-order chi connectivity index (χ1) is 8.85. The molecule has 106 valence electrons. The molecule has 0 atom stereocenters. The average molecular weight is 412 g/mol. The van der Waals surface area contributed by atoms with Gasteiger partial charge in [0.2, 0.25) is 0 Å². The van der Waals surface area contributed by atoms with Gasteiger partial charge in [-0.25, -0.2) is 0 Å². The third kappa shape index (κ3) is 5.84. The Morgan fingerprint density at radius 2 is 2.11 bits per heavy atom. The smallest absolute Gasteiger partial charge is 0.251 e. The Kier molecular flexibility index (Phi) is 6.84. The van der Waals surface area contributed by atoms with Crippen molar-refractivity contribution in [3.8, 4) is 0 Å². The molecule has 0 aliphatic carbocycles. The Labute approximate surface area is 136 Å². The summed E-state index contributed by atoms with van der Waals surface area (Å²) in [5, 5.41) is 4.51. The summed E-state index contributed by atoms with van der Waals surface area (Å²) in [6, 6.07) is 5.22. The molecule has 0 aliphatic heterocycles. The van der Waals surface area contributed by atoms with Crippen LogP contribution in [0.2, 0.25) is 5.02 Å². The molecule has 0 radical (unpaired) electrons. The van der Waals surface area contributed by atoms with E-state index in [4.69, 9.17) is 11.6 Å². The SMILES string of the molecule is CC(C)(CCCBr)CNC(=O)c1ccc(Br)c(Cl)c1. The number of alkyl halides is 1. The van der Waals surface area contributed by atoms with E-state index in [2.05, 4.69) is 51.0 Å². The van der Waals surface area contributed by atoms with Gasteiger partial charge in [-0.05, 0) is 52.4 Å². The summed E-state index contributed by atoms with van der Waals surface area (Å²) >= 11 is 12.7. The second-order valence-corrected chi connectivity index (χ2v) is 7.32. The summed E-state index contributed by atoms with van der Waals surface area (Å²) in [4.78, 5) is 12.0.